The van der Waals surface area contributed by atoms with E-state index < -0.39 is 4.92 Å². The maximum Gasteiger partial charge on any atom is 0.282 e. The Morgan fingerprint density at radius 2 is 2.05 bits per heavy atom. The lowest BCUT2D eigenvalue weighted by Crippen LogP contribution is -2.31. The standard InChI is InChI=1S/C15H19BrN2O3/c1-10-2-7-14(18(20)21)13(8-10)15(19)17-9-11-3-5-12(16)6-4-11/h2,7-8,11-12H,3-6,9H2,1H3,(H,17,19). The van der Waals surface area contributed by atoms with E-state index in [0.717, 1.165) is 31.2 Å². The van der Waals surface area contributed by atoms with E-state index in [9.17, 15) is 14.9 Å². The van der Waals surface area contributed by atoms with Crippen LogP contribution in [0.3, 0.4) is 0 Å². The molecule has 6 heteroatoms. The largest absolute Gasteiger partial charge is 0.352 e. The van der Waals surface area contributed by atoms with E-state index in [4.69, 9.17) is 0 Å². The fraction of sp³-hybridized carbons (Fsp3) is 0.533. The predicted molar refractivity (Wildman–Crippen MR) is 84.8 cm³/mol. The van der Waals surface area contributed by atoms with Crippen molar-refractivity contribution in [1.29, 1.82) is 0 Å². The summed E-state index contributed by atoms with van der Waals surface area (Å²) >= 11 is 3.60. The number of carbonyl (C=O) groups excluding carboxylic acids is 1. The quantitative estimate of drug-likeness (QED) is 0.510. The smallest absolute Gasteiger partial charge is 0.282 e. The van der Waals surface area contributed by atoms with Gasteiger partial charge in [-0.1, -0.05) is 22.0 Å². The van der Waals surface area contributed by atoms with Gasteiger partial charge >= 0.3 is 0 Å². The fourth-order valence-corrected chi connectivity index (χ4v) is 3.18. The number of nitrogens with zero attached hydrogens (tertiary/aromatic N) is 1. The zero-order valence-electron chi connectivity index (χ0n) is 12.0. The summed E-state index contributed by atoms with van der Waals surface area (Å²) in [5.41, 5.74) is 0.849. The van der Waals surface area contributed by atoms with E-state index in [2.05, 4.69) is 21.2 Å². The van der Waals surface area contributed by atoms with Crippen molar-refractivity contribution < 1.29 is 9.72 Å². The Balaban J connectivity index is 2.00. The molecule has 0 heterocycles. The van der Waals surface area contributed by atoms with Crippen molar-refractivity contribution in [1.82, 2.24) is 5.32 Å². The van der Waals surface area contributed by atoms with Gasteiger partial charge in [0.25, 0.3) is 11.6 Å². The average Bonchev–Trinajstić information content (AvgIpc) is 2.46. The predicted octanol–water partition coefficient (Wildman–Crippen LogP) is 3.59. The monoisotopic (exact) mass is 354 g/mol. The highest BCUT2D eigenvalue weighted by atomic mass is 79.9. The first-order valence-electron chi connectivity index (χ1n) is 7.14. The number of hydrogen-bond acceptors (Lipinski definition) is 3. The van der Waals surface area contributed by atoms with Gasteiger partial charge in [0.2, 0.25) is 0 Å². The zero-order valence-corrected chi connectivity index (χ0v) is 13.6. The van der Waals surface area contributed by atoms with Gasteiger partial charge in [-0.2, -0.15) is 0 Å². The number of aryl methyl sites for hydroxylation is 1. The van der Waals surface area contributed by atoms with Crippen LogP contribution in [0.5, 0.6) is 0 Å². The topological polar surface area (TPSA) is 72.2 Å². The molecule has 0 spiro atoms. The lowest BCUT2D eigenvalue weighted by molar-refractivity contribution is -0.385. The second-order valence-electron chi connectivity index (χ2n) is 5.61. The third kappa shape index (κ3) is 4.27. The molecule has 0 radical (unpaired) electrons. The van der Waals surface area contributed by atoms with Crippen LogP contribution >= 0.6 is 15.9 Å². The number of alkyl halides is 1. The molecule has 1 aliphatic carbocycles. The number of benzene rings is 1. The molecule has 1 fully saturated rings. The van der Waals surface area contributed by atoms with E-state index in [1.54, 1.807) is 12.1 Å². The molecule has 114 valence electrons. The van der Waals surface area contributed by atoms with Crippen LogP contribution in [-0.4, -0.2) is 22.2 Å². The Bertz CT molecular complexity index is 540. The van der Waals surface area contributed by atoms with E-state index in [1.807, 2.05) is 6.92 Å². The minimum absolute atomic E-state index is 0.137. The first-order valence-corrected chi connectivity index (χ1v) is 8.06. The Morgan fingerprint density at radius 3 is 2.67 bits per heavy atom. The molecule has 5 nitrogen and oxygen atoms in total. The van der Waals surface area contributed by atoms with Crippen LogP contribution in [-0.2, 0) is 0 Å². The van der Waals surface area contributed by atoms with Crippen molar-refractivity contribution >= 4 is 27.5 Å². The number of halogens is 1. The molecule has 1 N–H and O–H groups in total. The molecule has 0 aromatic heterocycles. The van der Waals surface area contributed by atoms with Crippen LogP contribution in [0.1, 0.15) is 41.6 Å². The molecule has 0 bridgehead atoms. The van der Waals surface area contributed by atoms with Gasteiger partial charge in [0.15, 0.2) is 0 Å². The van der Waals surface area contributed by atoms with Crippen LogP contribution in [0, 0.1) is 23.0 Å². The molecule has 0 unspecified atom stereocenters. The molecule has 1 amide bonds. The summed E-state index contributed by atoms with van der Waals surface area (Å²) in [5, 5.41) is 13.8. The van der Waals surface area contributed by atoms with Gasteiger partial charge < -0.3 is 5.32 Å². The minimum Gasteiger partial charge on any atom is -0.352 e. The Morgan fingerprint density at radius 1 is 1.38 bits per heavy atom. The summed E-state index contributed by atoms with van der Waals surface area (Å²) < 4.78 is 0. The number of carbonyl (C=O) groups is 1. The van der Waals surface area contributed by atoms with Crippen molar-refractivity contribution in [3.63, 3.8) is 0 Å². The maximum atomic E-state index is 12.2. The highest BCUT2D eigenvalue weighted by Crippen LogP contribution is 2.28. The number of amides is 1. The number of hydrogen-bond donors (Lipinski definition) is 1. The average molecular weight is 355 g/mol. The minimum atomic E-state index is -0.510. The lowest BCUT2D eigenvalue weighted by atomic mass is 9.89. The summed E-state index contributed by atoms with van der Waals surface area (Å²) in [4.78, 5) is 23.3. The third-order valence-corrected chi connectivity index (χ3v) is 4.84. The SMILES string of the molecule is Cc1ccc([N+](=O)[O-])c(C(=O)NCC2CCC(Br)CC2)c1. The van der Waals surface area contributed by atoms with E-state index in [0.29, 0.717) is 17.3 Å². The summed E-state index contributed by atoms with van der Waals surface area (Å²) in [7, 11) is 0. The molecule has 21 heavy (non-hydrogen) atoms. The Labute approximate surface area is 132 Å². The number of rotatable bonds is 4. The van der Waals surface area contributed by atoms with E-state index in [-0.39, 0.29) is 17.2 Å². The van der Waals surface area contributed by atoms with Crippen LogP contribution in [0.4, 0.5) is 5.69 Å². The first-order chi connectivity index (χ1) is 9.97. The lowest BCUT2D eigenvalue weighted by Gasteiger charge is -2.25. The van der Waals surface area contributed by atoms with Gasteiger partial charge in [0, 0.05) is 17.4 Å². The Kier molecular flexibility index (Phi) is 5.33. The van der Waals surface area contributed by atoms with Crippen LogP contribution in [0.2, 0.25) is 0 Å². The zero-order chi connectivity index (χ0) is 15.4. The van der Waals surface area contributed by atoms with Crippen molar-refractivity contribution in [2.45, 2.75) is 37.4 Å². The van der Waals surface area contributed by atoms with Crippen LogP contribution in [0.25, 0.3) is 0 Å². The van der Waals surface area contributed by atoms with Gasteiger partial charge in [-0.15, -0.1) is 0 Å². The molecule has 1 aromatic rings. The second kappa shape index (κ2) is 7.02. The van der Waals surface area contributed by atoms with E-state index >= 15 is 0 Å². The normalized spacial score (nSPS) is 21.8. The molecule has 0 aliphatic heterocycles. The molecular formula is C15H19BrN2O3. The van der Waals surface area contributed by atoms with Gasteiger partial charge in [-0.3, -0.25) is 14.9 Å². The molecule has 1 saturated carbocycles. The Hall–Kier alpha value is -1.43. The second-order valence-corrected chi connectivity index (χ2v) is 6.90. The highest BCUT2D eigenvalue weighted by Gasteiger charge is 2.23. The van der Waals surface area contributed by atoms with Gasteiger partial charge in [0.05, 0.1) is 4.92 Å². The molecule has 0 atom stereocenters. The van der Waals surface area contributed by atoms with Crippen LogP contribution < -0.4 is 5.32 Å². The molecule has 0 saturated heterocycles. The van der Waals surface area contributed by atoms with Crippen molar-refractivity contribution in [3.8, 4) is 0 Å². The molecular weight excluding hydrogens is 336 g/mol. The van der Waals surface area contributed by atoms with Crippen LogP contribution in [0.15, 0.2) is 18.2 Å². The first kappa shape index (κ1) is 15.9. The number of nitrogens with one attached hydrogen (secondary N) is 1. The van der Waals surface area contributed by atoms with Gasteiger partial charge in [-0.25, -0.2) is 0 Å². The summed E-state index contributed by atoms with van der Waals surface area (Å²) in [6.45, 7) is 2.40. The number of nitro benzene ring substituents is 1. The van der Waals surface area contributed by atoms with Gasteiger partial charge in [0.1, 0.15) is 5.56 Å². The molecule has 1 aliphatic rings. The van der Waals surface area contributed by atoms with Crippen molar-refractivity contribution in [3.05, 3.63) is 39.4 Å². The van der Waals surface area contributed by atoms with Crippen molar-refractivity contribution in [2.24, 2.45) is 5.92 Å². The number of nitro groups is 1. The van der Waals surface area contributed by atoms with E-state index in [1.165, 1.54) is 6.07 Å². The fourth-order valence-electron chi connectivity index (χ4n) is 2.65. The maximum absolute atomic E-state index is 12.2. The summed E-state index contributed by atoms with van der Waals surface area (Å²) in [5.74, 6) is 0.109. The summed E-state index contributed by atoms with van der Waals surface area (Å²) in [6, 6.07) is 4.61. The third-order valence-electron chi connectivity index (χ3n) is 3.92. The summed E-state index contributed by atoms with van der Waals surface area (Å²) in [6.07, 6.45) is 4.38. The molecule has 1 aromatic carbocycles. The van der Waals surface area contributed by atoms with Crippen molar-refractivity contribution in [2.75, 3.05) is 6.54 Å². The highest BCUT2D eigenvalue weighted by molar-refractivity contribution is 9.09. The van der Waals surface area contributed by atoms with Gasteiger partial charge in [-0.05, 0) is 50.2 Å². The molecule has 2 rings (SSSR count).